The Morgan fingerprint density at radius 1 is 0.909 bits per heavy atom. The van der Waals surface area contributed by atoms with Gasteiger partial charge in [0.25, 0.3) is 0 Å². The minimum absolute atomic E-state index is 0.0216. The van der Waals surface area contributed by atoms with E-state index in [1.807, 2.05) is 27.7 Å². The molecule has 0 spiro atoms. The van der Waals surface area contributed by atoms with Gasteiger partial charge in [0.05, 0.1) is 12.2 Å². The molecule has 0 fully saturated rings. The molecule has 0 aromatic heterocycles. The first-order valence-electron chi connectivity index (χ1n) is 7.48. The average Bonchev–Trinajstić information content (AvgIpc) is 2.43. The quantitative estimate of drug-likeness (QED) is 0.504. The molecule has 0 atom stereocenters. The summed E-state index contributed by atoms with van der Waals surface area (Å²) < 4.78 is 23.6. The van der Waals surface area contributed by atoms with Crippen LogP contribution in [0.3, 0.4) is 0 Å². The number of hydrogen-bond donors (Lipinski definition) is 2. The van der Waals surface area contributed by atoms with E-state index in [4.69, 9.17) is 9.47 Å². The van der Waals surface area contributed by atoms with Crippen molar-refractivity contribution in [3.05, 3.63) is 0 Å². The highest BCUT2D eigenvalue weighted by molar-refractivity contribution is 5.77. The third-order valence-corrected chi connectivity index (χ3v) is 2.45. The Hall–Kier alpha value is -1.25. The van der Waals surface area contributed by atoms with E-state index in [0.29, 0.717) is 5.12 Å². The summed E-state index contributed by atoms with van der Waals surface area (Å²) in [6.45, 7) is 7.72. The number of nitrogens with zero attached hydrogens (tertiary/aromatic N) is 1. The zero-order valence-electron chi connectivity index (χ0n) is 13.9. The highest BCUT2D eigenvalue weighted by Crippen LogP contribution is 1.89. The van der Waals surface area contributed by atoms with E-state index in [-0.39, 0.29) is 63.4 Å². The van der Waals surface area contributed by atoms with Gasteiger partial charge in [-0.2, -0.15) is 0 Å². The molecule has 130 valence electrons. The Balaban J connectivity index is 3.55. The maximum atomic E-state index is 13.4. The molecule has 0 rings (SSSR count). The van der Waals surface area contributed by atoms with E-state index in [9.17, 15) is 14.1 Å². The third kappa shape index (κ3) is 13.7. The Labute approximate surface area is 131 Å². The van der Waals surface area contributed by atoms with Gasteiger partial charge in [-0.1, -0.05) is 0 Å². The monoisotopic (exact) mass is 321 g/mol. The van der Waals surface area contributed by atoms with Gasteiger partial charge in [0.2, 0.25) is 11.8 Å². The van der Waals surface area contributed by atoms with Crippen LogP contribution in [0, 0.1) is 0 Å². The van der Waals surface area contributed by atoms with Crippen LogP contribution in [0.5, 0.6) is 0 Å². The van der Waals surface area contributed by atoms with Gasteiger partial charge in [-0.05, 0) is 27.7 Å². The van der Waals surface area contributed by atoms with Crippen LogP contribution < -0.4 is 10.6 Å². The average molecular weight is 321 g/mol. The molecule has 0 aromatic carbocycles. The summed E-state index contributed by atoms with van der Waals surface area (Å²) in [7, 11) is 0. The normalized spacial score (nSPS) is 11.3. The van der Waals surface area contributed by atoms with Crippen molar-refractivity contribution < 1.29 is 23.5 Å². The minimum atomic E-state index is -0.277. The Morgan fingerprint density at radius 2 is 1.27 bits per heavy atom. The lowest BCUT2D eigenvalue weighted by molar-refractivity contribution is -0.127. The van der Waals surface area contributed by atoms with Gasteiger partial charge in [-0.3, -0.25) is 9.59 Å². The molecule has 0 saturated heterocycles. The van der Waals surface area contributed by atoms with Gasteiger partial charge >= 0.3 is 0 Å². The van der Waals surface area contributed by atoms with Crippen LogP contribution >= 0.6 is 0 Å². The molecule has 7 nitrogen and oxygen atoms in total. The van der Waals surface area contributed by atoms with Crippen molar-refractivity contribution in [2.24, 2.45) is 0 Å². The zero-order valence-corrected chi connectivity index (χ0v) is 13.9. The van der Waals surface area contributed by atoms with E-state index in [1.165, 1.54) is 0 Å². The van der Waals surface area contributed by atoms with Gasteiger partial charge in [-0.15, -0.1) is 9.60 Å². The van der Waals surface area contributed by atoms with Crippen molar-refractivity contribution in [1.82, 2.24) is 15.8 Å². The van der Waals surface area contributed by atoms with Crippen molar-refractivity contribution in [1.29, 1.82) is 0 Å². The summed E-state index contributed by atoms with van der Waals surface area (Å²) in [6.07, 6.45) is -0.0431. The van der Waals surface area contributed by atoms with Gasteiger partial charge in [-0.25, -0.2) is 0 Å². The van der Waals surface area contributed by atoms with E-state index in [1.54, 1.807) is 0 Å². The molecule has 0 aromatic rings. The molecule has 0 aliphatic rings. The molecule has 0 radical (unpaired) electrons. The fourth-order valence-electron chi connectivity index (χ4n) is 1.33. The maximum absolute atomic E-state index is 13.4. The van der Waals surface area contributed by atoms with E-state index >= 15 is 0 Å². The summed E-state index contributed by atoms with van der Waals surface area (Å²) in [5.74, 6) is -0.553. The van der Waals surface area contributed by atoms with Crippen molar-refractivity contribution in [3.8, 4) is 0 Å². The number of amides is 2. The Bertz CT molecular complexity index is 297. The Morgan fingerprint density at radius 3 is 1.59 bits per heavy atom. The second kappa shape index (κ2) is 12.3. The summed E-state index contributed by atoms with van der Waals surface area (Å²) in [5, 5.41) is 5.63. The van der Waals surface area contributed by atoms with E-state index in [2.05, 4.69) is 10.6 Å². The van der Waals surface area contributed by atoms with E-state index < -0.39 is 0 Å². The minimum Gasteiger partial charge on any atom is -0.369 e. The summed E-state index contributed by atoms with van der Waals surface area (Å²) in [5.41, 5.74) is 0. The smallest absolute Gasteiger partial charge is 0.246 e. The lowest BCUT2D eigenvalue weighted by atomic mass is 10.4. The first kappa shape index (κ1) is 20.8. The molecule has 0 aliphatic heterocycles. The van der Waals surface area contributed by atoms with Gasteiger partial charge < -0.3 is 20.1 Å². The lowest BCUT2D eigenvalue weighted by Gasteiger charge is -2.14. The molecule has 0 saturated carbocycles. The second-order valence-electron chi connectivity index (χ2n) is 5.33. The molecule has 2 amide bonds. The predicted octanol–water partition coefficient (Wildman–Crippen LogP) is 0.255. The summed E-state index contributed by atoms with van der Waals surface area (Å²) in [4.78, 5) is 22.6. The molecule has 0 unspecified atom stereocenters. The number of hydrogen-bond acceptors (Lipinski definition) is 5. The van der Waals surface area contributed by atoms with Gasteiger partial charge in [0.1, 0.15) is 13.2 Å². The molecule has 0 bridgehead atoms. The molecule has 0 aliphatic carbocycles. The summed E-state index contributed by atoms with van der Waals surface area (Å²) in [6, 6.07) is 0. The number of rotatable bonds is 12. The lowest BCUT2D eigenvalue weighted by Crippen LogP contribution is -2.38. The topological polar surface area (TPSA) is 79.9 Å². The van der Waals surface area contributed by atoms with Crippen molar-refractivity contribution in [2.45, 2.75) is 39.9 Å². The number of carbonyl (C=O) groups excluding carboxylic acids is 2. The van der Waals surface area contributed by atoms with Crippen LogP contribution in [0.25, 0.3) is 0 Å². The number of carbonyl (C=O) groups is 2. The standard InChI is InChI=1S/C14H28FN3O4/c1-11(2)21-9-13(19)16-5-7-18(15)8-6-17-14(20)10-22-12(3)4/h11-12H,5-10H2,1-4H3,(H,16,19)(H,17,20). The molecule has 0 heterocycles. The van der Waals surface area contributed by atoms with Crippen molar-refractivity contribution in [2.75, 3.05) is 39.4 Å². The molecule has 2 N–H and O–H groups in total. The number of nitrogens with one attached hydrogen (secondary N) is 2. The van der Waals surface area contributed by atoms with Crippen LogP contribution in [-0.4, -0.2) is 68.5 Å². The van der Waals surface area contributed by atoms with Gasteiger partial charge in [0.15, 0.2) is 0 Å². The second-order valence-corrected chi connectivity index (χ2v) is 5.33. The van der Waals surface area contributed by atoms with Crippen LogP contribution in [0.15, 0.2) is 0 Å². The van der Waals surface area contributed by atoms with Crippen LogP contribution in [0.1, 0.15) is 27.7 Å². The number of halogens is 1. The SMILES string of the molecule is CC(C)OCC(=O)NCCN(F)CCNC(=O)COC(C)C. The largest absolute Gasteiger partial charge is 0.369 e. The Kier molecular flexibility index (Phi) is 11.6. The highest BCUT2D eigenvalue weighted by Gasteiger charge is 2.07. The highest BCUT2D eigenvalue weighted by atomic mass is 19.2. The van der Waals surface area contributed by atoms with Crippen molar-refractivity contribution >= 4 is 11.8 Å². The number of ether oxygens (including phenoxy) is 2. The first-order valence-corrected chi connectivity index (χ1v) is 7.48. The van der Waals surface area contributed by atoms with Crippen LogP contribution in [-0.2, 0) is 19.1 Å². The fraction of sp³-hybridized carbons (Fsp3) is 0.857. The zero-order chi connectivity index (χ0) is 17.0. The third-order valence-electron chi connectivity index (χ3n) is 2.45. The van der Waals surface area contributed by atoms with E-state index in [0.717, 1.165) is 0 Å². The molecular weight excluding hydrogens is 293 g/mol. The van der Waals surface area contributed by atoms with Crippen molar-refractivity contribution in [3.63, 3.8) is 0 Å². The first-order chi connectivity index (χ1) is 10.3. The van der Waals surface area contributed by atoms with Crippen LogP contribution in [0.4, 0.5) is 4.48 Å². The predicted molar refractivity (Wildman–Crippen MR) is 80.9 cm³/mol. The molecule has 8 heteroatoms. The van der Waals surface area contributed by atoms with Gasteiger partial charge in [0, 0.05) is 26.2 Å². The molecular formula is C14H28FN3O4. The summed E-state index contributed by atoms with van der Waals surface area (Å²) >= 11 is 0. The van der Waals surface area contributed by atoms with Crippen LogP contribution in [0.2, 0.25) is 0 Å². The fourth-order valence-corrected chi connectivity index (χ4v) is 1.33. The molecule has 22 heavy (non-hydrogen) atoms. The maximum Gasteiger partial charge on any atom is 0.246 e.